The van der Waals surface area contributed by atoms with Crippen LogP contribution in [0.4, 0.5) is 5.82 Å². The summed E-state index contributed by atoms with van der Waals surface area (Å²) >= 11 is 0. The van der Waals surface area contributed by atoms with E-state index in [1.54, 1.807) is 16.6 Å². The third-order valence-electron chi connectivity index (χ3n) is 3.40. The van der Waals surface area contributed by atoms with Crippen LogP contribution in [0, 0.1) is 0 Å². The normalized spacial score (nSPS) is 15.1. The molecule has 0 bridgehead atoms. The van der Waals surface area contributed by atoms with Gasteiger partial charge >= 0.3 is 0 Å². The van der Waals surface area contributed by atoms with Gasteiger partial charge in [-0.05, 0) is 25.7 Å². The highest BCUT2D eigenvalue weighted by Gasteiger charge is 2.08. The quantitative estimate of drug-likeness (QED) is 0.837. The van der Waals surface area contributed by atoms with Crippen LogP contribution >= 0.6 is 0 Å². The van der Waals surface area contributed by atoms with Crippen molar-refractivity contribution < 1.29 is 0 Å². The predicted molar refractivity (Wildman–Crippen MR) is 71.3 cm³/mol. The SMILES string of the molecule is Cn1ncc2c(NCCC3=CCCC3)ncnc21. The van der Waals surface area contributed by atoms with Crippen LogP contribution in [-0.4, -0.2) is 26.3 Å². The van der Waals surface area contributed by atoms with Gasteiger partial charge in [-0.1, -0.05) is 11.6 Å². The van der Waals surface area contributed by atoms with Crippen LogP contribution < -0.4 is 5.32 Å². The van der Waals surface area contributed by atoms with E-state index in [1.165, 1.54) is 19.3 Å². The highest BCUT2D eigenvalue weighted by molar-refractivity contribution is 5.85. The molecule has 5 heteroatoms. The highest BCUT2D eigenvalue weighted by atomic mass is 15.3. The zero-order valence-electron chi connectivity index (χ0n) is 10.6. The van der Waals surface area contributed by atoms with Crippen molar-refractivity contribution in [1.82, 2.24) is 19.7 Å². The number of hydrogen-bond donors (Lipinski definition) is 1. The average Bonchev–Trinajstić information content (AvgIpc) is 3.01. The Bertz CT molecular complexity index is 584. The maximum atomic E-state index is 4.29. The van der Waals surface area contributed by atoms with Crippen molar-refractivity contribution in [2.24, 2.45) is 7.05 Å². The molecule has 0 fully saturated rings. The largest absolute Gasteiger partial charge is 0.369 e. The fourth-order valence-electron chi connectivity index (χ4n) is 2.41. The molecule has 94 valence electrons. The number of anilines is 1. The van der Waals surface area contributed by atoms with Crippen LogP contribution in [0.3, 0.4) is 0 Å². The minimum absolute atomic E-state index is 0.868. The zero-order chi connectivity index (χ0) is 12.4. The average molecular weight is 243 g/mol. The molecular weight excluding hydrogens is 226 g/mol. The number of aromatic nitrogens is 4. The molecule has 3 rings (SSSR count). The van der Waals surface area contributed by atoms with Crippen LogP contribution in [0.1, 0.15) is 25.7 Å². The Morgan fingerprint density at radius 2 is 2.33 bits per heavy atom. The van der Waals surface area contributed by atoms with E-state index in [4.69, 9.17) is 0 Å². The first-order chi connectivity index (χ1) is 8.84. The molecule has 0 aliphatic heterocycles. The summed E-state index contributed by atoms with van der Waals surface area (Å²) in [5.41, 5.74) is 2.44. The van der Waals surface area contributed by atoms with Crippen molar-refractivity contribution >= 4 is 16.9 Å². The summed E-state index contributed by atoms with van der Waals surface area (Å²) in [6.07, 6.45) is 10.7. The van der Waals surface area contributed by atoms with Gasteiger partial charge in [0.05, 0.1) is 11.6 Å². The second-order valence-electron chi connectivity index (χ2n) is 4.66. The molecule has 5 nitrogen and oxygen atoms in total. The van der Waals surface area contributed by atoms with Gasteiger partial charge in [-0.3, -0.25) is 4.68 Å². The van der Waals surface area contributed by atoms with Gasteiger partial charge in [0.1, 0.15) is 12.1 Å². The topological polar surface area (TPSA) is 55.6 Å². The third kappa shape index (κ3) is 2.08. The van der Waals surface area contributed by atoms with Gasteiger partial charge in [-0.15, -0.1) is 0 Å². The molecule has 2 heterocycles. The number of nitrogens with zero attached hydrogens (tertiary/aromatic N) is 4. The first-order valence-electron chi connectivity index (χ1n) is 6.39. The summed E-state index contributed by atoms with van der Waals surface area (Å²) in [6.45, 7) is 0.923. The third-order valence-corrected chi connectivity index (χ3v) is 3.40. The van der Waals surface area contributed by atoms with Crippen LogP contribution in [-0.2, 0) is 7.05 Å². The Labute approximate surface area is 106 Å². The monoisotopic (exact) mass is 243 g/mol. The van der Waals surface area contributed by atoms with Crippen LogP contribution in [0.2, 0.25) is 0 Å². The van der Waals surface area contributed by atoms with Crippen LogP contribution in [0.5, 0.6) is 0 Å². The second-order valence-corrected chi connectivity index (χ2v) is 4.66. The maximum Gasteiger partial charge on any atom is 0.163 e. The fraction of sp³-hybridized carbons (Fsp3) is 0.462. The molecule has 0 spiro atoms. The van der Waals surface area contributed by atoms with Gasteiger partial charge in [-0.25, -0.2) is 9.97 Å². The number of rotatable bonds is 4. The molecular formula is C13H17N5. The second kappa shape index (κ2) is 4.76. The highest BCUT2D eigenvalue weighted by Crippen LogP contribution is 2.21. The Balaban J connectivity index is 1.70. The van der Waals surface area contributed by atoms with E-state index in [0.717, 1.165) is 29.8 Å². The van der Waals surface area contributed by atoms with Crippen LogP contribution in [0.25, 0.3) is 11.0 Å². The van der Waals surface area contributed by atoms with E-state index in [2.05, 4.69) is 26.5 Å². The maximum absolute atomic E-state index is 4.29. The summed E-state index contributed by atoms with van der Waals surface area (Å²) in [6, 6.07) is 0. The smallest absolute Gasteiger partial charge is 0.163 e. The van der Waals surface area contributed by atoms with E-state index in [9.17, 15) is 0 Å². The van der Waals surface area contributed by atoms with Gasteiger partial charge in [0.2, 0.25) is 0 Å². The Hall–Kier alpha value is -1.91. The van der Waals surface area contributed by atoms with Gasteiger partial charge in [0.25, 0.3) is 0 Å². The van der Waals surface area contributed by atoms with Crippen molar-refractivity contribution in [3.05, 3.63) is 24.2 Å². The summed E-state index contributed by atoms with van der Waals surface area (Å²) in [5.74, 6) is 0.881. The predicted octanol–water partition coefficient (Wildman–Crippen LogP) is 2.28. The zero-order valence-corrected chi connectivity index (χ0v) is 10.6. The molecule has 18 heavy (non-hydrogen) atoms. The molecule has 0 amide bonds. The first-order valence-corrected chi connectivity index (χ1v) is 6.39. The molecule has 1 aliphatic carbocycles. The standard InChI is InChI=1S/C13H17N5/c1-18-13-11(8-17-18)12(15-9-16-13)14-7-6-10-4-2-3-5-10/h4,8-9H,2-3,5-7H2,1H3,(H,14,15,16). The molecule has 0 radical (unpaired) electrons. The molecule has 2 aromatic rings. The number of aryl methyl sites for hydroxylation is 1. The minimum atomic E-state index is 0.868. The molecule has 1 N–H and O–H groups in total. The molecule has 0 atom stereocenters. The summed E-state index contributed by atoms with van der Waals surface area (Å²) in [5, 5.41) is 8.57. The number of hydrogen-bond acceptors (Lipinski definition) is 4. The van der Waals surface area contributed by atoms with Gasteiger partial charge in [0.15, 0.2) is 5.65 Å². The van der Waals surface area contributed by atoms with Crippen molar-refractivity contribution in [2.75, 3.05) is 11.9 Å². The lowest BCUT2D eigenvalue weighted by atomic mass is 10.2. The Morgan fingerprint density at radius 1 is 1.39 bits per heavy atom. The Kier molecular flexibility index (Phi) is 2.96. The Morgan fingerprint density at radius 3 is 3.17 bits per heavy atom. The lowest BCUT2D eigenvalue weighted by molar-refractivity contribution is 0.785. The van der Waals surface area contributed by atoms with Gasteiger partial charge in [-0.2, -0.15) is 5.10 Å². The van der Waals surface area contributed by atoms with Crippen molar-refractivity contribution in [3.63, 3.8) is 0 Å². The molecule has 0 unspecified atom stereocenters. The lowest BCUT2D eigenvalue weighted by Gasteiger charge is -2.06. The number of allylic oxidation sites excluding steroid dienone is 1. The van der Waals surface area contributed by atoms with E-state index in [-0.39, 0.29) is 0 Å². The van der Waals surface area contributed by atoms with Crippen molar-refractivity contribution in [1.29, 1.82) is 0 Å². The summed E-state index contributed by atoms with van der Waals surface area (Å²) in [7, 11) is 1.89. The van der Waals surface area contributed by atoms with E-state index < -0.39 is 0 Å². The number of fused-ring (bicyclic) bond motifs is 1. The summed E-state index contributed by atoms with van der Waals surface area (Å²) < 4.78 is 1.77. The summed E-state index contributed by atoms with van der Waals surface area (Å²) in [4.78, 5) is 8.51. The van der Waals surface area contributed by atoms with Crippen LogP contribution in [0.15, 0.2) is 24.2 Å². The van der Waals surface area contributed by atoms with Crippen molar-refractivity contribution in [2.45, 2.75) is 25.7 Å². The number of nitrogens with one attached hydrogen (secondary N) is 1. The van der Waals surface area contributed by atoms with Gasteiger partial charge in [0, 0.05) is 13.6 Å². The lowest BCUT2D eigenvalue weighted by Crippen LogP contribution is -2.05. The fourth-order valence-corrected chi connectivity index (χ4v) is 2.41. The van der Waals surface area contributed by atoms with E-state index in [0.29, 0.717) is 0 Å². The minimum Gasteiger partial charge on any atom is -0.369 e. The van der Waals surface area contributed by atoms with E-state index >= 15 is 0 Å². The molecule has 1 aliphatic rings. The van der Waals surface area contributed by atoms with Crippen molar-refractivity contribution in [3.8, 4) is 0 Å². The first kappa shape index (κ1) is 11.2. The van der Waals surface area contributed by atoms with Gasteiger partial charge < -0.3 is 5.32 Å². The molecule has 0 saturated heterocycles. The molecule has 0 aromatic carbocycles. The van der Waals surface area contributed by atoms with E-state index in [1.807, 2.05) is 13.2 Å². The molecule has 0 saturated carbocycles. The molecule has 2 aromatic heterocycles.